The molecule has 0 unspecified atom stereocenters. The van der Waals surface area contributed by atoms with Gasteiger partial charge in [-0.3, -0.25) is 10.2 Å². The van der Waals surface area contributed by atoms with Crippen molar-refractivity contribution in [3.8, 4) is 0 Å². The summed E-state index contributed by atoms with van der Waals surface area (Å²) >= 11 is 0. The van der Waals surface area contributed by atoms with Gasteiger partial charge in [0.25, 0.3) is 0 Å². The molecule has 1 amide bonds. The van der Waals surface area contributed by atoms with Crippen LogP contribution in [0.2, 0.25) is 0 Å². The lowest BCUT2D eigenvalue weighted by atomic mass is 9.65. The van der Waals surface area contributed by atoms with E-state index >= 15 is 0 Å². The molecule has 1 heterocycles. The molecule has 2 aliphatic rings. The quantitative estimate of drug-likeness (QED) is 0.733. The molecule has 0 aromatic rings. The smallest absolute Gasteiger partial charge is 0.220 e. The number of nitrogens with zero attached hydrogens (tertiary/aromatic N) is 1. The molecular weight excluding hydrogens is 202 g/mol. The second kappa shape index (κ2) is 4.72. The van der Waals surface area contributed by atoms with E-state index in [9.17, 15) is 4.79 Å². The van der Waals surface area contributed by atoms with Crippen LogP contribution >= 0.6 is 0 Å². The van der Waals surface area contributed by atoms with Crippen molar-refractivity contribution in [2.75, 3.05) is 20.1 Å². The van der Waals surface area contributed by atoms with Gasteiger partial charge in [-0.2, -0.15) is 0 Å². The molecular formula is C12H23N3O. The predicted molar refractivity (Wildman–Crippen MR) is 63.5 cm³/mol. The largest absolute Gasteiger partial charge is 0.369 e. The summed E-state index contributed by atoms with van der Waals surface area (Å²) in [5, 5.41) is 2.28. The van der Waals surface area contributed by atoms with Crippen LogP contribution in [0.5, 0.6) is 0 Å². The summed E-state index contributed by atoms with van der Waals surface area (Å²) in [6.07, 6.45) is 6.93. The average molecular weight is 225 g/mol. The van der Waals surface area contributed by atoms with Gasteiger partial charge in [-0.1, -0.05) is 0 Å². The molecule has 0 aromatic carbocycles. The fourth-order valence-electron chi connectivity index (χ4n) is 3.22. The molecule has 2 rings (SSSR count). The molecule has 92 valence electrons. The Bertz CT molecular complexity index is 249. The van der Waals surface area contributed by atoms with E-state index in [0.717, 1.165) is 25.9 Å². The van der Waals surface area contributed by atoms with Crippen LogP contribution < -0.4 is 11.2 Å². The van der Waals surface area contributed by atoms with Gasteiger partial charge in [-0.25, -0.2) is 5.01 Å². The van der Waals surface area contributed by atoms with Crippen molar-refractivity contribution in [3.05, 3.63) is 0 Å². The first kappa shape index (κ1) is 11.9. The molecule has 0 bridgehead atoms. The molecule has 1 spiro atoms. The highest BCUT2D eigenvalue weighted by Crippen LogP contribution is 2.45. The average Bonchev–Trinajstić information content (AvgIpc) is 2.31. The van der Waals surface area contributed by atoms with Crippen molar-refractivity contribution >= 4 is 5.91 Å². The highest BCUT2D eigenvalue weighted by molar-refractivity contribution is 5.76. The number of primary amides is 1. The molecule has 4 heteroatoms. The third kappa shape index (κ3) is 2.38. The van der Waals surface area contributed by atoms with Gasteiger partial charge >= 0.3 is 0 Å². The summed E-state index contributed by atoms with van der Waals surface area (Å²) in [6, 6.07) is 0. The number of carbonyl (C=O) groups excluding carboxylic acids is 1. The Morgan fingerprint density at radius 3 is 2.25 bits per heavy atom. The zero-order valence-electron chi connectivity index (χ0n) is 10.2. The maximum atomic E-state index is 11.1. The van der Waals surface area contributed by atoms with E-state index in [-0.39, 0.29) is 11.8 Å². The Morgan fingerprint density at radius 2 is 1.81 bits per heavy atom. The third-order valence-electron chi connectivity index (χ3n) is 4.59. The zero-order valence-corrected chi connectivity index (χ0v) is 10.2. The Hall–Kier alpha value is -0.610. The maximum Gasteiger partial charge on any atom is 0.220 e. The van der Waals surface area contributed by atoms with E-state index in [1.165, 1.54) is 25.7 Å². The van der Waals surface area contributed by atoms with E-state index in [2.05, 4.69) is 10.4 Å². The van der Waals surface area contributed by atoms with Gasteiger partial charge in [0.2, 0.25) is 5.91 Å². The predicted octanol–water partition coefficient (Wildman–Crippen LogP) is 0.878. The first-order valence-electron chi connectivity index (χ1n) is 6.37. The molecule has 0 radical (unpaired) electrons. The number of rotatable bonds is 2. The second-order valence-corrected chi connectivity index (χ2v) is 5.39. The molecule has 16 heavy (non-hydrogen) atoms. The van der Waals surface area contributed by atoms with E-state index in [0.29, 0.717) is 5.41 Å². The van der Waals surface area contributed by atoms with Crippen LogP contribution in [0.15, 0.2) is 0 Å². The molecule has 1 saturated carbocycles. The second-order valence-electron chi connectivity index (χ2n) is 5.39. The Morgan fingerprint density at radius 1 is 1.25 bits per heavy atom. The lowest BCUT2D eigenvalue weighted by Gasteiger charge is -2.45. The number of nitrogens with two attached hydrogens (primary N) is 1. The molecule has 1 aliphatic carbocycles. The Kier molecular flexibility index (Phi) is 3.50. The fraction of sp³-hybridized carbons (Fsp3) is 0.917. The summed E-state index contributed by atoms with van der Waals surface area (Å²) in [7, 11) is 1.99. The lowest BCUT2D eigenvalue weighted by Crippen LogP contribution is -2.47. The van der Waals surface area contributed by atoms with Gasteiger partial charge in [-0.15, -0.1) is 0 Å². The van der Waals surface area contributed by atoms with Gasteiger partial charge in [-0.05, 0) is 51.0 Å². The van der Waals surface area contributed by atoms with Crippen LogP contribution in [0.3, 0.4) is 0 Å². The van der Waals surface area contributed by atoms with E-state index < -0.39 is 0 Å². The van der Waals surface area contributed by atoms with Crippen LogP contribution in [0.1, 0.15) is 38.5 Å². The molecule has 0 atom stereocenters. The fourth-order valence-corrected chi connectivity index (χ4v) is 3.22. The van der Waals surface area contributed by atoms with Crippen molar-refractivity contribution in [3.63, 3.8) is 0 Å². The van der Waals surface area contributed by atoms with Crippen molar-refractivity contribution in [1.82, 2.24) is 10.4 Å². The van der Waals surface area contributed by atoms with E-state index in [4.69, 9.17) is 5.73 Å². The lowest BCUT2D eigenvalue weighted by molar-refractivity contribution is -0.123. The van der Waals surface area contributed by atoms with Crippen LogP contribution in [-0.4, -0.2) is 31.1 Å². The monoisotopic (exact) mass is 225 g/mol. The summed E-state index contributed by atoms with van der Waals surface area (Å²) < 4.78 is 0. The summed E-state index contributed by atoms with van der Waals surface area (Å²) in [5.41, 5.74) is 9.10. The van der Waals surface area contributed by atoms with Gasteiger partial charge in [0.05, 0.1) is 0 Å². The number of hydrazine groups is 1. The van der Waals surface area contributed by atoms with E-state index in [1.54, 1.807) is 0 Å². The van der Waals surface area contributed by atoms with Crippen LogP contribution in [-0.2, 0) is 4.79 Å². The minimum atomic E-state index is -0.0949. The summed E-state index contributed by atoms with van der Waals surface area (Å²) in [4.78, 5) is 11.1. The van der Waals surface area contributed by atoms with Gasteiger partial charge < -0.3 is 5.73 Å². The standard InChI is InChI=1S/C12H23N3O/c1-14-15-8-6-12(7-9-15)4-2-10(3-5-12)11(13)16/h10,14H,2-9H2,1H3,(H2,13,16). The van der Waals surface area contributed by atoms with Crippen LogP contribution in [0, 0.1) is 11.3 Å². The van der Waals surface area contributed by atoms with E-state index in [1.807, 2.05) is 7.05 Å². The number of carbonyl (C=O) groups is 1. The minimum absolute atomic E-state index is 0.0949. The van der Waals surface area contributed by atoms with Crippen LogP contribution in [0.4, 0.5) is 0 Å². The van der Waals surface area contributed by atoms with Crippen molar-refractivity contribution in [1.29, 1.82) is 0 Å². The SMILES string of the molecule is CNN1CCC2(CCC(C(N)=O)CC2)CC1. The molecule has 3 N–H and O–H groups in total. The number of amides is 1. The first-order chi connectivity index (χ1) is 7.65. The van der Waals surface area contributed by atoms with Crippen molar-refractivity contribution in [2.24, 2.45) is 17.1 Å². The number of hydrogen-bond acceptors (Lipinski definition) is 3. The van der Waals surface area contributed by atoms with Gasteiger partial charge in [0.1, 0.15) is 0 Å². The first-order valence-corrected chi connectivity index (χ1v) is 6.37. The van der Waals surface area contributed by atoms with Crippen molar-refractivity contribution < 1.29 is 4.79 Å². The number of piperidine rings is 1. The van der Waals surface area contributed by atoms with Gasteiger partial charge in [0.15, 0.2) is 0 Å². The summed E-state index contributed by atoms with van der Waals surface area (Å²) in [6.45, 7) is 2.27. The third-order valence-corrected chi connectivity index (χ3v) is 4.59. The topological polar surface area (TPSA) is 58.4 Å². The molecule has 0 aromatic heterocycles. The van der Waals surface area contributed by atoms with Gasteiger partial charge in [0, 0.05) is 19.0 Å². The minimum Gasteiger partial charge on any atom is -0.369 e. The highest BCUT2D eigenvalue weighted by Gasteiger charge is 2.38. The number of hydrogen-bond donors (Lipinski definition) is 2. The van der Waals surface area contributed by atoms with Crippen molar-refractivity contribution in [2.45, 2.75) is 38.5 Å². The number of nitrogens with one attached hydrogen (secondary N) is 1. The Labute approximate surface area is 97.5 Å². The van der Waals surface area contributed by atoms with Crippen LogP contribution in [0.25, 0.3) is 0 Å². The summed E-state index contributed by atoms with van der Waals surface area (Å²) in [5.74, 6) is 0.0514. The zero-order chi connectivity index (χ0) is 11.6. The molecule has 1 aliphatic heterocycles. The molecule has 1 saturated heterocycles. The molecule has 4 nitrogen and oxygen atoms in total. The molecule has 2 fully saturated rings. The highest BCUT2D eigenvalue weighted by atomic mass is 16.1. The maximum absolute atomic E-state index is 11.1. The Balaban J connectivity index is 1.86. The normalized spacial score (nSPS) is 27.1.